The molecule has 1 aromatic rings. The molecule has 1 N–H and O–H groups in total. The molecule has 1 heterocycles. The molecule has 0 saturated carbocycles. The maximum atomic E-state index is 9.87. The molecule has 0 spiro atoms. The first-order valence-electron chi connectivity index (χ1n) is 5.11. The highest BCUT2D eigenvalue weighted by atomic mass is 79.9. The molecule has 1 aliphatic heterocycles. The van der Waals surface area contributed by atoms with E-state index in [4.69, 9.17) is 0 Å². The average Bonchev–Trinajstić information content (AvgIpc) is 2.47. The summed E-state index contributed by atoms with van der Waals surface area (Å²) in [6, 6.07) is 6.32. The summed E-state index contributed by atoms with van der Waals surface area (Å²) in [5, 5.41) is 9.87. The molecule has 1 aromatic carbocycles. The van der Waals surface area contributed by atoms with Crippen molar-refractivity contribution in [1.82, 2.24) is 0 Å². The fraction of sp³-hybridized carbons (Fsp3) is 0.500. The van der Waals surface area contributed by atoms with E-state index in [2.05, 4.69) is 34.1 Å². The van der Waals surface area contributed by atoms with E-state index < -0.39 is 5.60 Å². The van der Waals surface area contributed by atoms with Crippen LogP contribution in [0.2, 0.25) is 0 Å². The number of rotatable bonds is 2. The maximum Gasteiger partial charge on any atom is 0.0597 e. The minimum Gasteiger partial charge on any atom is -0.390 e. The van der Waals surface area contributed by atoms with Crippen LogP contribution in [0, 0.1) is 0 Å². The van der Waals surface area contributed by atoms with Crippen molar-refractivity contribution in [3.8, 4) is 0 Å². The summed E-state index contributed by atoms with van der Waals surface area (Å²) in [6.45, 7) is 3.76. The highest BCUT2D eigenvalue weighted by molar-refractivity contribution is 9.10. The molecule has 0 aliphatic carbocycles. The third kappa shape index (κ3) is 2.58. The topological polar surface area (TPSA) is 20.2 Å². The van der Waals surface area contributed by atoms with Crippen LogP contribution in [0.25, 0.3) is 0 Å². The second-order valence-corrected chi connectivity index (χ2v) is 6.59. The van der Waals surface area contributed by atoms with Gasteiger partial charge in [-0.1, -0.05) is 22.0 Å². The smallest absolute Gasteiger partial charge is 0.0597 e. The Morgan fingerprint density at radius 3 is 2.93 bits per heavy atom. The minimum atomic E-state index is -0.581. The fourth-order valence-electron chi connectivity index (χ4n) is 2.08. The van der Waals surface area contributed by atoms with Gasteiger partial charge in [0.2, 0.25) is 0 Å². The van der Waals surface area contributed by atoms with Crippen LogP contribution < -0.4 is 0 Å². The van der Waals surface area contributed by atoms with Crippen LogP contribution in [0.5, 0.6) is 0 Å². The van der Waals surface area contributed by atoms with Gasteiger partial charge in [-0.15, -0.1) is 11.8 Å². The van der Waals surface area contributed by atoms with E-state index in [-0.39, 0.29) is 0 Å². The van der Waals surface area contributed by atoms with Gasteiger partial charge < -0.3 is 5.11 Å². The molecular formula is C12H15BrOS. The average molecular weight is 287 g/mol. The Morgan fingerprint density at radius 1 is 1.53 bits per heavy atom. The van der Waals surface area contributed by atoms with Crippen LogP contribution in [0.15, 0.2) is 27.6 Å². The molecule has 1 aliphatic rings. The van der Waals surface area contributed by atoms with Crippen molar-refractivity contribution in [2.24, 2.45) is 0 Å². The van der Waals surface area contributed by atoms with Gasteiger partial charge in [0, 0.05) is 15.1 Å². The summed E-state index contributed by atoms with van der Waals surface area (Å²) >= 11 is 5.49. The van der Waals surface area contributed by atoms with Crippen LogP contribution in [-0.4, -0.2) is 16.5 Å². The van der Waals surface area contributed by atoms with Crippen molar-refractivity contribution >= 4 is 27.7 Å². The Bertz CT molecular complexity index is 370. The third-order valence-electron chi connectivity index (χ3n) is 2.61. The second kappa shape index (κ2) is 4.11. The lowest BCUT2D eigenvalue weighted by atomic mass is 9.89. The van der Waals surface area contributed by atoms with Crippen molar-refractivity contribution in [3.05, 3.63) is 28.2 Å². The molecule has 0 fully saturated rings. The standard InChI is InChI=1S/C12H15BrOS/c1-12(2,14)6-8-7-15-10-5-3-4-9(13)11(8)10/h3-5,8,14H,6-7H2,1-2H3. The second-order valence-electron chi connectivity index (χ2n) is 4.68. The Morgan fingerprint density at radius 2 is 2.27 bits per heavy atom. The molecule has 0 radical (unpaired) electrons. The van der Waals surface area contributed by atoms with Crippen LogP contribution in [0.4, 0.5) is 0 Å². The quantitative estimate of drug-likeness (QED) is 0.892. The Hall–Kier alpha value is 0.01000. The van der Waals surface area contributed by atoms with Gasteiger partial charge in [0.15, 0.2) is 0 Å². The first-order chi connectivity index (χ1) is 6.97. The summed E-state index contributed by atoms with van der Waals surface area (Å²) in [5.41, 5.74) is 0.798. The van der Waals surface area contributed by atoms with Gasteiger partial charge in [-0.05, 0) is 43.9 Å². The molecule has 1 atom stereocenters. The lowest BCUT2D eigenvalue weighted by Gasteiger charge is -2.22. The number of benzene rings is 1. The van der Waals surface area contributed by atoms with Gasteiger partial charge in [-0.25, -0.2) is 0 Å². The lowest BCUT2D eigenvalue weighted by molar-refractivity contribution is 0.0652. The van der Waals surface area contributed by atoms with Crippen LogP contribution >= 0.6 is 27.7 Å². The predicted octanol–water partition coefficient (Wildman–Crippen LogP) is 3.80. The highest BCUT2D eigenvalue weighted by Crippen LogP contribution is 2.46. The number of thioether (sulfide) groups is 1. The first-order valence-corrected chi connectivity index (χ1v) is 6.89. The van der Waals surface area contributed by atoms with Gasteiger partial charge in [0.25, 0.3) is 0 Å². The van der Waals surface area contributed by atoms with Crippen LogP contribution in [0.3, 0.4) is 0 Å². The number of aliphatic hydroxyl groups is 1. The first kappa shape index (κ1) is 11.5. The van der Waals surface area contributed by atoms with E-state index in [9.17, 15) is 5.11 Å². The zero-order valence-corrected chi connectivity index (χ0v) is 11.4. The number of hydrogen-bond donors (Lipinski definition) is 1. The Balaban J connectivity index is 2.28. The van der Waals surface area contributed by atoms with E-state index in [1.165, 1.54) is 14.9 Å². The summed E-state index contributed by atoms with van der Waals surface area (Å²) in [6.07, 6.45) is 0.829. The minimum absolute atomic E-state index is 0.473. The van der Waals surface area contributed by atoms with E-state index in [0.717, 1.165) is 12.2 Å². The third-order valence-corrected chi connectivity index (χ3v) is 4.53. The molecular weight excluding hydrogens is 272 g/mol. The van der Waals surface area contributed by atoms with E-state index in [1.807, 2.05) is 25.6 Å². The largest absolute Gasteiger partial charge is 0.390 e. The van der Waals surface area contributed by atoms with Gasteiger partial charge in [-0.2, -0.15) is 0 Å². The van der Waals surface area contributed by atoms with E-state index in [1.54, 1.807) is 0 Å². The van der Waals surface area contributed by atoms with Crippen molar-refractivity contribution in [2.75, 3.05) is 5.75 Å². The number of halogens is 1. The van der Waals surface area contributed by atoms with Crippen LogP contribution in [-0.2, 0) is 0 Å². The molecule has 15 heavy (non-hydrogen) atoms. The van der Waals surface area contributed by atoms with Gasteiger partial charge >= 0.3 is 0 Å². The summed E-state index contributed by atoms with van der Waals surface area (Å²) in [4.78, 5) is 1.36. The normalized spacial score (nSPS) is 20.4. The fourth-order valence-corrected chi connectivity index (χ4v) is 4.17. The monoisotopic (exact) mass is 286 g/mol. The van der Waals surface area contributed by atoms with Crippen molar-refractivity contribution in [2.45, 2.75) is 36.7 Å². The SMILES string of the molecule is CC(C)(O)CC1CSc2cccc(Br)c21. The number of fused-ring (bicyclic) bond motifs is 1. The zero-order valence-electron chi connectivity index (χ0n) is 8.96. The Labute approximate surface area is 103 Å². The van der Waals surface area contributed by atoms with Crippen LogP contribution in [0.1, 0.15) is 31.7 Å². The maximum absolute atomic E-state index is 9.87. The van der Waals surface area contributed by atoms with Crippen molar-refractivity contribution in [1.29, 1.82) is 0 Å². The zero-order chi connectivity index (χ0) is 11.1. The van der Waals surface area contributed by atoms with Gasteiger partial charge in [0.05, 0.1) is 5.60 Å². The molecule has 2 rings (SSSR count). The summed E-state index contributed by atoms with van der Waals surface area (Å²) in [5.74, 6) is 1.56. The van der Waals surface area contributed by atoms with Crippen molar-refractivity contribution < 1.29 is 5.11 Å². The molecule has 1 nitrogen and oxygen atoms in total. The van der Waals surface area contributed by atoms with Gasteiger partial charge in [0.1, 0.15) is 0 Å². The van der Waals surface area contributed by atoms with Crippen molar-refractivity contribution in [3.63, 3.8) is 0 Å². The highest BCUT2D eigenvalue weighted by Gasteiger charge is 2.29. The number of hydrogen-bond acceptors (Lipinski definition) is 2. The Kier molecular flexibility index (Phi) is 3.15. The molecule has 1 unspecified atom stereocenters. The van der Waals surface area contributed by atoms with E-state index >= 15 is 0 Å². The molecule has 0 aromatic heterocycles. The lowest BCUT2D eigenvalue weighted by Crippen LogP contribution is -2.22. The molecule has 0 bridgehead atoms. The summed E-state index contributed by atoms with van der Waals surface area (Å²) in [7, 11) is 0. The van der Waals surface area contributed by atoms with E-state index in [0.29, 0.717) is 5.92 Å². The molecule has 0 amide bonds. The van der Waals surface area contributed by atoms with Gasteiger partial charge in [-0.3, -0.25) is 0 Å². The molecule has 0 saturated heterocycles. The summed E-state index contributed by atoms with van der Waals surface area (Å²) < 4.78 is 1.18. The predicted molar refractivity (Wildman–Crippen MR) is 68.5 cm³/mol. The molecule has 82 valence electrons. The molecule has 3 heteroatoms.